The van der Waals surface area contributed by atoms with Gasteiger partial charge in [0, 0.05) is 0 Å². The van der Waals surface area contributed by atoms with Crippen molar-refractivity contribution in [3.63, 3.8) is 0 Å². The zero-order chi connectivity index (χ0) is 16.5. The van der Waals surface area contributed by atoms with E-state index in [0.717, 1.165) is 12.1 Å². The highest BCUT2D eigenvalue weighted by Crippen LogP contribution is 2.23. The molecule has 0 bridgehead atoms. The number of methoxy groups -OCH3 is 1. The lowest BCUT2D eigenvalue weighted by molar-refractivity contribution is 0.378. The van der Waals surface area contributed by atoms with Gasteiger partial charge in [0.05, 0.1) is 29.1 Å². The van der Waals surface area contributed by atoms with Gasteiger partial charge in [0.25, 0.3) is 10.0 Å². The van der Waals surface area contributed by atoms with Crippen molar-refractivity contribution in [1.29, 1.82) is 0 Å². The van der Waals surface area contributed by atoms with Gasteiger partial charge in [-0.15, -0.1) is 0 Å². The van der Waals surface area contributed by atoms with E-state index in [1.165, 1.54) is 7.11 Å². The highest BCUT2D eigenvalue weighted by Gasteiger charge is 2.20. The van der Waals surface area contributed by atoms with Crippen LogP contribution in [0.2, 0.25) is 0 Å². The molecule has 1 aromatic carbocycles. The van der Waals surface area contributed by atoms with Crippen LogP contribution in [0.25, 0.3) is 0 Å². The molecule has 118 valence electrons. The summed E-state index contributed by atoms with van der Waals surface area (Å²) in [5, 5.41) is 0. The molecular formula is C13H13F2N3O3S. The SMILES string of the molecule is COc1nc(C)c(NS(=O)(=O)c2ccc(F)c(F)c2)c(C)n1. The van der Waals surface area contributed by atoms with E-state index in [0.29, 0.717) is 17.5 Å². The summed E-state index contributed by atoms with van der Waals surface area (Å²) in [6, 6.07) is 2.42. The lowest BCUT2D eigenvalue weighted by Gasteiger charge is -2.13. The van der Waals surface area contributed by atoms with Crippen LogP contribution in [-0.4, -0.2) is 25.5 Å². The van der Waals surface area contributed by atoms with Crippen molar-refractivity contribution in [2.75, 3.05) is 11.8 Å². The highest BCUT2D eigenvalue weighted by atomic mass is 32.2. The lowest BCUT2D eigenvalue weighted by Crippen LogP contribution is -2.16. The number of anilines is 1. The third kappa shape index (κ3) is 3.14. The maximum atomic E-state index is 13.2. The molecule has 22 heavy (non-hydrogen) atoms. The van der Waals surface area contributed by atoms with Crippen LogP contribution in [0, 0.1) is 25.5 Å². The second kappa shape index (κ2) is 5.84. The van der Waals surface area contributed by atoms with Crippen LogP contribution >= 0.6 is 0 Å². The molecule has 1 heterocycles. The van der Waals surface area contributed by atoms with Gasteiger partial charge in [-0.2, -0.15) is 9.97 Å². The molecule has 0 spiro atoms. The smallest absolute Gasteiger partial charge is 0.316 e. The number of benzene rings is 1. The third-order valence-electron chi connectivity index (χ3n) is 2.87. The largest absolute Gasteiger partial charge is 0.467 e. The first-order valence-corrected chi connectivity index (χ1v) is 7.60. The van der Waals surface area contributed by atoms with Crippen molar-refractivity contribution in [2.24, 2.45) is 0 Å². The van der Waals surface area contributed by atoms with Gasteiger partial charge in [0.15, 0.2) is 11.6 Å². The number of hydrogen-bond donors (Lipinski definition) is 1. The van der Waals surface area contributed by atoms with E-state index >= 15 is 0 Å². The predicted molar refractivity (Wildman–Crippen MR) is 75.2 cm³/mol. The van der Waals surface area contributed by atoms with E-state index in [4.69, 9.17) is 4.74 Å². The molecule has 1 aromatic heterocycles. The third-order valence-corrected chi connectivity index (χ3v) is 4.22. The van der Waals surface area contributed by atoms with Gasteiger partial charge >= 0.3 is 6.01 Å². The second-order valence-electron chi connectivity index (χ2n) is 4.44. The molecule has 0 unspecified atom stereocenters. The summed E-state index contributed by atoms with van der Waals surface area (Å²) in [4.78, 5) is 7.53. The van der Waals surface area contributed by atoms with Crippen molar-refractivity contribution in [2.45, 2.75) is 18.7 Å². The minimum absolute atomic E-state index is 0.103. The van der Waals surface area contributed by atoms with Crippen LogP contribution in [-0.2, 0) is 10.0 Å². The van der Waals surface area contributed by atoms with E-state index < -0.39 is 26.6 Å². The van der Waals surface area contributed by atoms with Crippen molar-refractivity contribution >= 4 is 15.7 Å². The fourth-order valence-electron chi connectivity index (χ4n) is 1.76. The molecule has 0 aliphatic heterocycles. The minimum atomic E-state index is -4.09. The fraction of sp³-hybridized carbons (Fsp3) is 0.231. The minimum Gasteiger partial charge on any atom is -0.467 e. The fourth-order valence-corrected chi connectivity index (χ4v) is 2.95. The van der Waals surface area contributed by atoms with Gasteiger partial charge < -0.3 is 4.74 Å². The van der Waals surface area contributed by atoms with Gasteiger partial charge in [-0.1, -0.05) is 0 Å². The summed E-state index contributed by atoms with van der Waals surface area (Å²) in [5.74, 6) is -2.37. The Labute approximate surface area is 126 Å². The molecule has 0 aliphatic rings. The second-order valence-corrected chi connectivity index (χ2v) is 6.12. The summed E-state index contributed by atoms with van der Waals surface area (Å²) >= 11 is 0. The number of rotatable bonds is 4. The summed E-state index contributed by atoms with van der Waals surface area (Å²) < 4.78 is 57.7. The number of aryl methyl sites for hydroxylation is 2. The Morgan fingerprint density at radius 2 is 1.68 bits per heavy atom. The van der Waals surface area contributed by atoms with Gasteiger partial charge in [-0.05, 0) is 32.0 Å². The molecule has 1 N–H and O–H groups in total. The number of nitrogens with zero attached hydrogens (tertiary/aromatic N) is 2. The molecule has 0 aliphatic carbocycles. The molecule has 6 nitrogen and oxygen atoms in total. The number of nitrogens with one attached hydrogen (secondary N) is 1. The van der Waals surface area contributed by atoms with E-state index in [1.54, 1.807) is 13.8 Å². The Kier molecular flexibility index (Phi) is 4.27. The van der Waals surface area contributed by atoms with E-state index in [2.05, 4.69) is 14.7 Å². The van der Waals surface area contributed by atoms with Crippen molar-refractivity contribution in [3.05, 3.63) is 41.2 Å². The van der Waals surface area contributed by atoms with Crippen LogP contribution in [0.15, 0.2) is 23.1 Å². The highest BCUT2D eigenvalue weighted by molar-refractivity contribution is 7.92. The van der Waals surface area contributed by atoms with Crippen LogP contribution in [0.4, 0.5) is 14.5 Å². The Morgan fingerprint density at radius 3 is 2.18 bits per heavy atom. The maximum Gasteiger partial charge on any atom is 0.316 e. The zero-order valence-electron chi connectivity index (χ0n) is 12.0. The number of halogens is 2. The van der Waals surface area contributed by atoms with Crippen LogP contribution in [0.1, 0.15) is 11.4 Å². The quantitative estimate of drug-likeness (QED) is 0.930. The van der Waals surface area contributed by atoms with Crippen molar-refractivity contribution in [1.82, 2.24) is 9.97 Å². The average Bonchev–Trinajstić information content (AvgIpc) is 2.45. The summed E-state index contributed by atoms with van der Waals surface area (Å²) in [7, 11) is -2.71. The molecule has 0 atom stereocenters. The Hall–Kier alpha value is -2.29. The van der Waals surface area contributed by atoms with Crippen molar-refractivity contribution in [3.8, 4) is 6.01 Å². The molecule has 0 saturated heterocycles. The molecule has 0 fully saturated rings. The number of sulfonamides is 1. The lowest BCUT2D eigenvalue weighted by atomic mass is 10.3. The van der Waals surface area contributed by atoms with Gasteiger partial charge in [-0.25, -0.2) is 17.2 Å². The first kappa shape index (κ1) is 16.1. The molecule has 2 aromatic rings. The van der Waals surface area contributed by atoms with E-state index in [1.807, 2.05) is 0 Å². The molecule has 9 heteroatoms. The Morgan fingerprint density at radius 1 is 1.09 bits per heavy atom. The normalized spacial score (nSPS) is 11.3. The monoisotopic (exact) mass is 329 g/mol. The number of ether oxygens (including phenoxy) is 1. The molecule has 2 rings (SSSR count). The van der Waals surface area contributed by atoms with Crippen LogP contribution < -0.4 is 9.46 Å². The topological polar surface area (TPSA) is 81.2 Å². The average molecular weight is 329 g/mol. The summed E-state index contributed by atoms with van der Waals surface area (Å²) in [6.07, 6.45) is 0. The maximum absolute atomic E-state index is 13.2. The molecule has 0 radical (unpaired) electrons. The first-order valence-electron chi connectivity index (χ1n) is 6.11. The number of hydrogen-bond acceptors (Lipinski definition) is 5. The molecule has 0 saturated carbocycles. The van der Waals surface area contributed by atoms with Crippen LogP contribution in [0.3, 0.4) is 0 Å². The predicted octanol–water partition coefficient (Wildman–Crippen LogP) is 2.18. The van der Waals surface area contributed by atoms with Gasteiger partial charge in [0.1, 0.15) is 0 Å². The van der Waals surface area contributed by atoms with E-state index in [9.17, 15) is 17.2 Å². The first-order chi connectivity index (χ1) is 10.2. The van der Waals surface area contributed by atoms with Crippen LogP contribution in [0.5, 0.6) is 6.01 Å². The van der Waals surface area contributed by atoms with E-state index in [-0.39, 0.29) is 11.7 Å². The Bertz CT molecular complexity index is 802. The standard InChI is InChI=1S/C13H13F2N3O3S/c1-7-12(8(2)17-13(16-7)21-3)18-22(19,20)9-4-5-10(14)11(15)6-9/h4-6,18H,1-3H3. The molecule has 0 amide bonds. The Balaban J connectivity index is 2.43. The van der Waals surface area contributed by atoms with Gasteiger partial charge in [0.2, 0.25) is 0 Å². The summed E-state index contributed by atoms with van der Waals surface area (Å²) in [5.41, 5.74) is 0.844. The molecular weight excluding hydrogens is 316 g/mol. The van der Waals surface area contributed by atoms with Gasteiger partial charge in [-0.3, -0.25) is 4.72 Å². The summed E-state index contributed by atoms with van der Waals surface area (Å²) in [6.45, 7) is 3.14. The van der Waals surface area contributed by atoms with Crippen molar-refractivity contribution < 1.29 is 21.9 Å². The zero-order valence-corrected chi connectivity index (χ0v) is 12.8. The number of aromatic nitrogens is 2.